The second-order valence-electron chi connectivity index (χ2n) is 4.76. The number of aliphatic hydroxyl groups excluding tert-OH is 1. The van der Waals surface area contributed by atoms with Gasteiger partial charge in [0.25, 0.3) is 0 Å². The molecule has 6 nitrogen and oxygen atoms in total. The lowest BCUT2D eigenvalue weighted by Crippen LogP contribution is -2.46. The number of nitrogens with one attached hydrogen (secondary N) is 1. The van der Waals surface area contributed by atoms with Crippen LogP contribution in [0.5, 0.6) is 11.5 Å². The van der Waals surface area contributed by atoms with Crippen LogP contribution in [0.25, 0.3) is 0 Å². The molecule has 1 rings (SSSR count). The van der Waals surface area contributed by atoms with Crippen LogP contribution in [0.15, 0.2) is 18.2 Å². The molecule has 6 N–H and O–H groups in total. The lowest BCUT2D eigenvalue weighted by Gasteiger charge is -2.19. The second kappa shape index (κ2) is 7.72. The predicted molar refractivity (Wildman–Crippen MR) is 75.4 cm³/mol. The highest BCUT2D eigenvalue weighted by atomic mass is 16.3. The number of phenolic OH excluding ortho intramolecular Hbond substituents is 2. The number of amides is 1. The Hall–Kier alpha value is -1.79. The van der Waals surface area contributed by atoms with Gasteiger partial charge in [-0.15, -0.1) is 0 Å². The summed E-state index contributed by atoms with van der Waals surface area (Å²) in [5.74, 6) is -0.736. The molecule has 0 saturated heterocycles. The van der Waals surface area contributed by atoms with Gasteiger partial charge < -0.3 is 26.4 Å². The average molecular weight is 282 g/mol. The maximum atomic E-state index is 11.9. The number of nitrogens with two attached hydrogens (primary N) is 1. The van der Waals surface area contributed by atoms with Crippen molar-refractivity contribution in [1.82, 2.24) is 5.32 Å². The van der Waals surface area contributed by atoms with Crippen LogP contribution in [0, 0.1) is 0 Å². The summed E-state index contributed by atoms with van der Waals surface area (Å²) in [7, 11) is 0. The summed E-state index contributed by atoms with van der Waals surface area (Å²) in [6, 6.07) is 3.51. The van der Waals surface area contributed by atoms with E-state index in [1.165, 1.54) is 12.1 Å². The molecule has 0 fully saturated rings. The SMILES string of the molecule is CCC(CCO)NC(=O)[C@@H](N)Cc1ccc(O)c(O)c1. The molecule has 0 aliphatic carbocycles. The molecule has 1 aromatic rings. The van der Waals surface area contributed by atoms with E-state index in [0.717, 1.165) is 6.42 Å². The van der Waals surface area contributed by atoms with Crippen molar-refractivity contribution in [2.24, 2.45) is 5.73 Å². The van der Waals surface area contributed by atoms with Crippen molar-refractivity contribution in [1.29, 1.82) is 0 Å². The van der Waals surface area contributed by atoms with Gasteiger partial charge in [0.1, 0.15) is 0 Å². The summed E-state index contributed by atoms with van der Waals surface area (Å²) < 4.78 is 0. The van der Waals surface area contributed by atoms with Crippen molar-refractivity contribution in [2.45, 2.75) is 38.3 Å². The largest absolute Gasteiger partial charge is 0.504 e. The molecule has 1 unspecified atom stereocenters. The molecule has 0 bridgehead atoms. The minimum atomic E-state index is -0.744. The highest BCUT2D eigenvalue weighted by Gasteiger charge is 2.17. The quantitative estimate of drug-likeness (QED) is 0.460. The maximum absolute atomic E-state index is 11.9. The third-order valence-electron chi connectivity index (χ3n) is 3.15. The van der Waals surface area contributed by atoms with E-state index >= 15 is 0 Å². The Morgan fingerprint density at radius 3 is 2.60 bits per heavy atom. The minimum Gasteiger partial charge on any atom is -0.504 e. The van der Waals surface area contributed by atoms with Crippen molar-refractivity contribution in [3.8, 4) is 11.5 Å². The number of aromatic hydroxyl groups is 2. The van der Waals surface area contributed by atoms with E-state index in [-0.39, 0.29) is 36.5 Å². The molecule has 0 saturated carbocycles. The van der Waals surface area contributed by atoms with E-state index in [4.69, 9.17) is 10.8 Å². The molecule has 0 aliphatic rings. The summed E-state index contributed by atoms with van der Waals surface area (Å²) in [5, 5.41) is 30.3. The van der Waals surface area contributed by atoms with Crippen LogP contribution in [0.2, 0.25) is 0 Å². The van der Waals surface area contributed by atoms with Gasteiger partial charge in [-0.1, -0.05) is 13.0 Å². The molecule has 1 aromatic carbocycles. The summed E-state index contributed by atoms with van der Waals surface area (Å²) >= 11 is 0. The normalized spacial score (nSPS) is 13.8. The fraction of sp³-hybridized carbons (Fsp3) is 0.500. The summed E-state index contributed by atoms with van der Waals surface area (Å²) in [4.78, 5) is 11.9. The van der Waals surface area contributed by atoms with E-state index < -0.39 is 6.04 Å². The smallest absolute Gasteiger partial charge is 0.237 e. The van der Waals surface area contributed by atoms with E-state index in [1.54, 1.807) is 6.07 Å². The van der Waals surface area contributed by atoms with Crippen molar-refractivity contribution >= 4 is 5.91 Å². The highest BCUT2D eigenvalue weighted by Crippen LogP contribution is 2.25. The standard InChI is InChI=1S/C14H22N2O4/c1-2-10(5-6-17)16-14(20)11(15)7-9-3-4-12(18)13(19)8-9/h3-4,8,10-11,17-19H,2,5-7,15H2,1H3,(H,16,20)/t10?,11-/m0/s1. The number of rotatable bonds is 7. The van der Waals surface area contributed by atoms with Crippen LogP contribution in [0.1, 0.15) is 25.3 Å². The second-order valence-corrected chi connectivity index (χ2v) is 4.76. The summed E-state index contributed by atoms with van der Waals surface area (Å²) in [5.41, 5.74) is 6.48. The first-order valence-corrected chi connectivity index (χ1v) is 6.65. The van der Waals surface area contributed by atoms with Gasteiger partial charge in [-0.25, -0.2) is 0 Å². The van der Waals surface area contributed by atoms with Gasteiger partial charge in [-0.3, -0.25) is 4.79 Å². The van der Waals surface area contributed by atoms with Crippen molar-refractivity contribution in [3.63, 3.8) is 0 Å². The number of phenols is 2. The van der Waals surface area contributed by atoms with Crippen LogP contribution in [0.3, 0.4) is 0 Å². The number of carbonyl (C=O) groups is 1. The maximum Gasteiger partial charge on any atom is 0.237 e. The monoisotopic (exact) mass is 282 g/mol. The van der Waals surface area contributed by atoms with Crippen molar-refractivity contribution in [3.05, 3.63) is 23.8 Å². The third kappa shape index (κ3) is 4.71. The Morgan fingerprint density at radius 1 is 1.35 bits per heavy atom. The number of carbonyl (C=O) groups excluding carboxylic acids is 1. The van der Waals surface area contributed by atoms with Crippen molar-refractivity contribution in [2.75, 3.05) is 6.61 Å². The van der Waals surface area contributed by atoms with E-state index in [1.807, 2.05) is 6.92 Å². The molecular weight excluding hydrogens is 260 g/mol. The highest BCUT2D eigenvalue weighted by molar-refractivity contribution is 5.82. The van der Waals surface area contributed by atoms with Crippen LogP contribution >= 0.6 is 0 Å². The fourth-order valence-corrected chi connectivity index (χ4v) is 1.89. The molecule has 6 heteroatoms. The first kappa shape index (κ1) is 16.3. The molecule has 0 aliphatic heterocycles. The Morgan fingerprint density at radius 2 is 2.05 bits per heavy atom. The minimum absolute atomic E-state index is 0.0137. The molecule has 1 amide bonds. The average Bonchev–Trinajstić information content (AvgIpc) is 2.42. The Labute approximate surface area is 118 Å². The van der Waals surface area contributed by atoms with Gasteiger partial charge in [-0.05, 0) is 37.0 Å². The Bertz CT molecular complexity index is 451. The van der Waals surface area contributed by atoms with E-state index in [9.17, 15) is 15.0 Å². The number of hydrogen-bond donors (Lipinski definition) is 5. The fourth-order valence-electron chi connectivity index (χ4n) is 1.89. The third-order valence-corrected chi connectivity index (χ3v) is 3.15. The summed E-state index contributed by atoms with van der Waals surface area (Å²) in [6.45, 7) is 1.93. The van der Waals surface area contributed by atoms with Gasteiger partial charge in [0.2, 0.25) is 5.91 Å². The molecular formula is C14H22N2O4. The molecule has 20 heavy (non-hydrogen) atoms. The topological polar surface area (TPSA) is 116 Å². The lowest BCUT2D eigenvalue weighted by atomic mass is 10.0. The van der Waals surface area contributed by atoms with Gasteiger partial charge in [-0.2, -0.15) is 0 Å². The van der Waals surface area contributed by atoms with E-state index in [0.29, 0.717) is 12.0 Å². The van der Waals surface area contributed by atoms with Gasteiger partial charge in [0.15, 0.2) is 11.5 Å². The zero-order valence-corrected chi connectivity index (χ0v) is 11.5. The van der Waals surface area contributed by atoms with Gasteiger partial charge in [0, 0.05) is 12.6 Å². The van der Waals surface area contributed by atoms with Gasteiger partial charge >= 0.3 is 0 Å². The first-order valence-electron chi connectivity index (χ1n) is 6.65. The van der Waals surface area contributed by atoms with Crippen LogP contribution < -0.4 is 11.1 Å². The number of hydrogen-bond acceptors (Lipinski definition) is 5. The molecule has 0 aromatic heterocycles. The Kier molecular flexibility index (Phi) is 6.27. The molecule has 0 spiro atoms. The molecule has 112 valence electrons. The number of benzene rings is 1. The lowest BCUT2D eigenvalue weighted by molar-refractivity contribution is -0.123. The Balaban J connectivity index is 2.58. The van der Waals surface area contributed by atoms with E-state index in [2.05, 4.69) is 5.32 Å². The molecule has 0 radical (unpaired) electrons. The predicted octanol–water partition coefficient (Wildman–Crippen LogP) is 0.245. The summed E-state index contributed by atoms with van der Waals surface area (Å²) in [6.07, 6.45) is 1.48. The van der Waals surface area contributed by atoms with Crippen LogP contribution in [-0.2, 0) is 11.2 Å². The zero-order valence-electron chi connectivity index (χ0n) is 11.5. The van der Waals surface area contributed by atoms with Gasteiger partial charge in [0.05, 0.1) is 6.04 Å². The zero-order chi connectivity index (χ0) is 15.1. The molecule has 2 atom stereocenters. The molecule has 0 heterocycles. The van der Waals surface area contributed by atoms with Crippen molar-refractivity contribution < 1.29 is 20.1 Å². The first-order chi connectivity index (χ1) is 9.47. The van der Waals surface area contributed by atoms with Crippen LogP contribution in [-0.4, -0.2) is 39.9 Å². The van der Waals surface area contributed by atoms with Crippen LogP contribution in [0.4, 0.5) is 0 Å². The number of aliphatic hydroxyl groups is 1.